The lowest BCUT2D eigenvalue weighted by Crippen LogP contribution is -2.16. The van der Waals surface area contributed by atoms with Crippen LogP contribution in [0, 0.1) is 0 Å². The molecule has 2 aromatic rings. The van der Waals surface area contributed by atoms with Gasteiger partial charge in [-0.05, 0) is 29.7 Å². The van der Waals surface area contributed by atoms with Crippen molar-refractivity contribution in [2.75, 3.05) is 6.61 Å². The molecule has 4 nitrogen and oxygen atoms in total. The number of nitrogens with zero attached hydrogens (tertiary/aromatic N) is 1. The maximum absolute atomic E-state index is 12.0. The van der Waals surface area contributed by atoms with Gasteiger partial charge in [-0.25, -0.2) is 4.98 Å². The van der Waals surface area contributed by atoms with Crippen LogP contribution in [0.2, 0.25) is 0 Å². The number of hydrogen-bond acceptors (Lipinski definition) is 3. The number of aromatic amines is 1. The second kappa shape index (κ2) is 4.53. The highest BCUT2D eigenvalue weighted by Crippen LogP contribution is 2.31. The quantitative estimate of drug-likeness (QED) is 0.898. The summed E-state index contributed by atoms with van der Waals surface area (Å²) in [7, 11) is 0. The Balaban J connectivity index is 2.17. The highest BCUT2D eigenvalue weighted by molar-refractivity contribution is 5.65. The van der Waals surface area contributed by atoms with Gasteiger partial charge in [-0.1, -0.05) is 13.8 Å². The number of rotatable bonds is 2. The van der Waals surface area contributed by atoms with E-state index in [2.05, 4.69) is 16.0 Å². The van der Waals surface area contributed by atoms with Crippen molar-refractivity contribution in [3.05, 3.63) is 46.0 Å². The summed E-state index contributed by atoms with van der Waals surface area (Å²) in [5.74, 6) is 1.08. The summed E-state index contributed by atoms with van der Waals surface area (Å²) in [6, 6.07) is 6.01. The minimum absolute atomic E-state index is 0.0586. The van der Waals surface area contributed by atoms with Gasteiger partial charge in [0.15, 0.2) is 0 Å². The average molecular weight is 256 g/mol. The highest BCUT2D eigenvalue weighted by Gasteiger charge is 2.17. The van der Waals surface area contributed by atoms with Crippen LogP contribution in [0.1, 0.15) is 30.9 Å². The summed E-state index contributed by atoms with van der Waals surface area (Å²) in [5, 5.41) is 0. The van der Waals surface area contributed by atoms with Crippen LogP contribution in [0.25, 0.3) is 11.3 Å². The number of aromatic nitrogens is 2. The second-order valence-electron chi connectivity index (χ2n) is 5.07. The number of fused-ring (bicyclic) bond motifs is 1. The second-order valence-corrected chi connectivity index (χ2v) is 5.07. The number of H-pyrrole nitrogens is 1. The van der Waals surface area contributed by atoms with Gasteiger partial charge in [-0.15, -0.1) is 0 Å². The van der Waals surface area contributed by atoms with E-state index in [4.69, 9.17) is 4.74 Å². The minimum atomic E-state index is -0.0586. The molecule has 0 saturated heterocycles. The van der Waals surface area contributed by atoms with Crippen LogP contribution in [0.15, 0.2) is 29.3 Å². The maximum Gasteiger partial charge on any atom is 0.254 e. The highest BCUT2D eigenvalue weighted by atomic mass is 16.5. The largest absolute Gasteiger partial charge is 0.493 e. The molecule has 3 rings (SSSR count). The molecule has 2 heterocycles. The van der Waals surface area contributed by atoms with E-state index in [1.54, 1.807) is 0 Å². The van der Waals surface area contributed by atoms with Crippen molar-refractivity contribution in [2.45, 2.75) is 26.2 Å². The van der Waals surface area contributed by atoms with Crippen LogP contribution in [-0.4, -0.2) is 16.6 Å². The molecule has 19 heavy (non-hydrogen) atoms. The zero-order valence-electron chi connectivity index (χ0n) is 11.1. The summed E-state index contributed by atoms with van der Waals surface area (Å²) in [6.45, 7) is 4.75. The fourth-order valence-corrected chi connectivity index (χ4v) is 2.51. The molecule has 98 valence electrons. The summed E-state index contributed by atoms with van der Waals surface area (Å²) < 4.78 is 5.50. The molecule has 0 fully saturated rings. The molecule has 0 spiro atoms. The molecule has 0 unspecified atom stereocenters. The van der Waals surface area contributed by atoms with Crippen LogP contribution in [0.4, 0.5) is 0 Å². The third-order valence-electron chi connectivity index (χ3n) is 3.43. The van der Waals surface area contributed by atoms with Gasteiger partial charge in [0.2, 0.25) is 0 Å². The molecule has 1 aromatic heterocycles. The summed E-state index contributed by atoms with van der Waals surface area (Å²) >= 11 is 0. The van der Waals surface area contributed by atoms with Gasteiger partial charge in [0.05, 0.1) is 18.6 Å². The lowest BCUT2D eigenvalue weighted by Gasteiger charge is -2.11. The monoisotopic (exact) mass is 256 g/mol. The fraction of sp³-hybridized carbons (Fsp3) is 0.333. The lowest BCUT2D eigenvalue weighted by molar-refractivity contribution is 0.357. The third-order valence-corrected chi connectivity index (χ3v) is 3.43. The lowest BCUT2D eigenvalue weighted by atomic mass is 9.97. The SMILES string of the molecule is CC(C)c1c(-c2ccc3c(c2)CCO3)nc[nH]c1=O. The zero-order chi connectivity index (χ0) is 13.4. The first kappa shape index (κ1) is 12.0. The van der Waals surface area contributed by atoms with Crippen molar-refractivity contribution in [1.82, 2.24) is 9.97 Å². The van der Waals surface area contributed by atoms with Crippen LogP contribution < -0.4 is 10.3 Å². The Morgan fingerprint density at radius 3 is 3.00 bits per heavy atom. The van der Waals surface area contributed by atoms with E-state index in [-0.39, 0.29) is 11.5 Å². The van der Waals surface area contributed by atoms with Crippen molar-refractivity contribution < 1.29 is 4.74 Å². The van der Waals surface area contributed by atoms with E-state index < -0.39 is 0 Å². The first-order valence-corrected chi connectivity index (χ1v) is 6.50. The summed E-state index contributed by atoms with van der Waals surface area (Å²) in [5.41, 5.74) is 3.62. The topological polar surface area (TPSA) is 55.0 Å². The van der Waals surface area contributed by atoms with Crippen molar-refractivity contribution in [3.63, 3.8) is 0 Å². The van der Waals surface area contributed by atoms with Crippen LogP contribution >= 0.6 is 0 Å². The van der Waals surface area contributed by atoms with Gasteiger partial charge in [0.1, 0.15) is 5.75 Å². The van der Waals surface area contributed by atoms with E-state index in [1.165, 1.54) is 11.9 Å². The number of hydrogen-bond donors (Lipinski definition) is 1. The van der Waals surface area contributed by atoms with Crippen molar-refractivity contribution >= 4 is 0 Å². The molecule has 0 radical (unpaired) electrons. The molecule has 0 aliphatic carbocycles. The first-order chi connectivity index (χ1) is 9.16. The molecule has 1 aliphatic heterocycles. The number of nitrogens with one attached hydrogen (secondary N) is 1. The van der Waals surface area contributed by atoms with E-state index in [0.717, 1.165) is 35.6 Å². The van der Waals surface area contributed by atoms with E-state index in [9.17, 15) is 4.79 Å². The van der Waals surface area contributed by atoms with Gasteiger partial charge in [0.25, 0.3) is 5.56 Å². The van der Waals surface area contributed by atoms with Crippen LogP contribution in [0.3, 0.4) is 0 Å². The predicted molar refractivity (Wildman–Crippen MR) is 73.6 cm³/mol. The Kier molecular flexibility index (Phi) is 2.85. The summed E-state index contributed by atoms with van der Waals surface area (Å²) in [4.78, 5) is 19.0. The predicted octanol–water partition coefficient (Wildman–Crippen LogP) is 2.50. The standard InChI is InChI=1S/C15H16N2O2/c1-9(2)13-14(16-8-17-15(13)18)11-3-4-12-10(7-11)5-6-19-12/h3-4,7-9H,5-6H2,1-2H3,(H,16,17,18). The molecule has 1 aromatic carbocycles. The Morgan fingerprint density at radius 2 is 2.21 bits per heavy atom. The van der Waals surface area contributed by atoms with Crippen molar-refractivity contribution in [2.24, 2.45) is 0 Å². The molecule has 4 heteroatoms. The van der Waals surface area contributed by atoms with Gasteiger partial charge in [-0.3, -0.25) is 4.79 Å². The zero-order valence-corrected chi connectivity index (χ0v) is 11.1. The smallest absolute Gasteiger partial charge is 0.254 e. The normalized spacial score (nSPS) is 13.4. The fourth-order valence-electron chi connectivity index (χ4n) is 2.51. The molecular weight excluding hydrogens is 240 g/mol. The Bertz CT molecular complexity index is 674. The molecule has 1 aliphatic rings. The minimum Gasteiger partial charge on any atom is -0.493 e. The van der Waals surface area contributed by atoms with Crippen LogP contribution in [0.5, 0.6) is 5.75 Å². The first-order valence-electron chi connectivity index (χ1n) is 6.50. The number of ether oxygens (including phenoxy) is 1. The average Bonchev–Trinajstić information content (AvgIpc) is 2.85. The molecule has 0 saturated carbocycles. The van der Waals surface area contributed by atoms with Crippen molar-refractivity contribution in [1.29, 1.82) is 0 Å². The summed E-state index contributed by atoms with van der Waals surface area (Å²) in [6.07, 6.45) is 2.39. The van der Waals surface area contributed by atoms with E-state index >= 15 is 0 Å². The van der Waals surface area contributed by atoms with Crippen molar-refractivity contribution in [3.8, 4) is 17.0 Å². The van der Waals surface area contributed by atoms with Crippen LogP contribution in [-0.2, 0) is 6.42 Å². The van der Waals surface area contributed by atoms with Gasteiger partial charge in [0, 0.05) is 17.5 Å². The third kappa shape index (κ3) is 2.03. The molecule has 0 atom stereocenters. The number of benzene rings is 1. The molecule has 0 amide bonds. The molecular formula is C15H16N2O2. The van der Waals surface area contributed by atoms with E-state index in [0.29, 0.717) is 0 Å². The Morgan fingerprint density at radius 1 is 1.37 bits per heavy atom. The van der Waals surface area contributed by atoms with Gasteiger partial charge in [-0.2, -0.15) is 0 Å². The molecule has 1 N–H and O–H groups in total. The van der Waals surface area contributed by atoms with E-state index in [1.807, 2.05) is 26.0 Å². The van der Waals surface area contributed by atoms with Gasteiger partial charge < -0.3 is 9.72 Å². The maximum atomic E-state index is 12.0. The Hall–Kier alpha value is -2.10. The van der Waals surface area contributed by atoms with Gasteiger partial charge >= 0.3 is 0 Å². The molecule has 0 bridgehead atoms. The Labute approximate surface area is 111 Å².